The first-order valence-corrected chi connectivity index (χ1v) is 3.42. The molecule has 0 aliphatic rings. The standard InChI is InChI=1S/C9H11NO/c1-8(7-11-10)9-5-3-2-4-6-9/h2-7H,10H2,1H3. The van der Waals surface area contributed by atoms with Gasteiger partial charge in [0.25, 0.3) is 0 Å². The first-order chi connectivity index (χ1) is 5.34. The van der Waals surface area contributed by atoms with Crippen LogP contribution >= 0.6 is 0 Å². The summed E-state index contributed by atoms with van der Waals surface area (Å²) in [4.78, 5) is 4.40. The molecule has 0 amide bonds. The zero-order chi connectivity index (χ0) is 8.10. The highest BCUT2D eigenvalue weighted by molar-refractivity contribution is 5.62. The molecule has 0 unspecified atom stereocenters. The van der Waals surface area contributed by atoms with Gasteiger partial charge in [-0.05, 0) is 18.1 Å². The Labute approximate surface area is 66.2 Å². The second-order valence-corrected chi connectivity index (χ2v) is 2.30. The van der Waals surface area contributed by atoms with E-state index in [1.54, 1.807) is 0 Å². The number of rotatable bonds is 2. The predicted octanol–water partition coefficient (Wildman–Crippen LogP) is 1.94. The largest absolute Gasteiger partial charge is 0.419 e. The van der Waals surface area contributed by atoms with Gasteiger partial charge in [0.1, 0.15) is 6.26 Å². The van der Waals surface area contributed by atoms with Crippen molar-refractivity contribution in [3.05, 3.63) is 42.2 Å². The number of benzene rings is 1. The first-order valence-electron chi connectivity index (χ1n) is 3.42. The molecule has 0 aliphatic carbocycles. The normalized spacial score (nSPS) is 11.3. The monoisotopic (exact) mass is 149 g/mol. The van der Waals surface area contributed by atoms with Gasteiger partial charge < -0.3 is 4.84 Å². The Bertz CT molecular complexity index is 241. The summed E-state index contributed by atoms with van der Waals surface area (Å²) in [6.45, 7) is 1.95. The van der Waals surface area contributed by atoms with Gasteiger partial charge in [-0.25, -0.2) is 0 Å². The smallest absolute Gasteiger partial charge is 0.114 e. The van der Waals surface area contributed by atoms with E-state index >= 15 is 0 Å². The van der Waals surface area contributed by atoms with Gasteiger partial charge in [0.15, 0.2) is 0 Å². The van der Waals surface area contributed by atoms with Crippen molar-refractivity contribution < 1.29 is 4.84 Å². The third-order valence-corrected chi connectivity index (χ3v) is 1.47. The SMILES string of the molecule is CC(=CON)c1ccccc1. The summed E-state index contributed by atoms with van der Waals surface area (Å²) in [5.74, 6) is 4.89. The maximum Gasteiger partial charge on any atom is 0.114 e. The number of allylic oxidation sites excluding steroid dienone is 1. The molecule has 0 saturated carbocycles. The maximum atomic E-state index is 4.89. The van der Waals surface area contributed by atoms with Crippen molar-refractivity contribution >= 4 is 5.57 Å². The van der Waals surface area contributed by atoms with E-state index in [1.165, 1.54) is 6.26 Å². The van der Waals surface area contributed by atoms with Crippen molar-refractivity contribution in [1.29, 1.82) is 0 Å². The molecule has 0 fully saturated rings. The third kappa shape index (κ3) is 2.09. The van der Waals surface area contributed by atoms with Crippen LogP contribution in [0, 0.1) is 0 Å². The van der Waals surface area contributed by atoms with Crippen LogP contribution in [0.1, 0.15) is 12.5 Å². The lowest BCUT2D eigenvalue weighted by Crippen LogP contribution is -1.90. The zero-order valence-corrected chi connectivity index (χ0v) is 6.45. The summed E-state index contributed by atoms with van der Waals surface area (Å²) >= 11 is 0. The Balaban J connectivity index is 2.85. The molecule has 0 aromatic heterocycles. The lowest BCUT2D eigenvalue weighted by atomic mass is 10.1. The Kier molecular flexibility index (Phi) is 2.69. The van der Waals surface area contributed by atoms with Gasteiger partial charge in [0.05, 0.1) is 0 Å². The Morgan fingerprint density at radius 3 is 2.55 bits per heavy atom. The third-order valence-electron chi connectivity index (χ3n) is 1.47. The quantitative estimate of drug-likeness (QED) is 0.515. The van der Waals surface area contributed by atoms with Gasteiger partial charge in [0.2, 0.25) is 0 Å². The average Bonchev–Trinajstić information content (AvgIpc) is 2.07. The van der Waals surface area contributed by atoms with Gasteiger partial charge in [-0.1, -0.05) is 30.3 Å². The van der Waals surface area contributed by atoms with E-state index in [1.807, 2.05) is 37.3 Å². The molecule has 0 heterocycles. The van der Waals surface area contributed by atoms with E-state index in [0.29, 0.717) is 0 Å². The van der Waals surface area contributed by atoms with E-state index < -0.39 is 0 Å². The maximum absolute atomic E-state index is 4.89. The van der Waals surface area contributed by atoms with Crippen LogP contribution in [-0.2, 0) is 4.84 Å². The van der Waals surface area contributed by atoms with Crippen LogP contribution in [0.25, 0.3) is 5.57 Å². The topological polar surface area (TPSA) is 35.2 Å². The van der Waals surface area contributed by atoms with Crippen molar-refractivity contribution in [3.8, 4) is 0 Å². The van der Waals surface area contributed by atoms with Crippen LogP contribution in [0.3, 0.4) is 0 Å². The summed E-state index contributed by atoms with van der Waals surface area (Å²) in [5, 5.41) is 0. The zero-order valence-electron chi connectivity index (χ0n) is 6.45. The Morgan fingerprint density at radius 1 is 1.36 bits per heavy atom. The molecule has 11 heavy (non-hydrogen) atoms. The highest BCUT2D eigenvalue weighted by atomic mass is 16.6. The van der Waals surface area contributed by atoms with Gasteiger partial charge in [-0.2, -0.15) is 5.90 Å². The van der Waals surface area contributed by atoms with Crippen LogP contribution in [-0.4, -0.2) is 0 Å². The van der Waals surface area contributed by atoms with Crippen LogP contribution in [0.5, 0.6) is 0 Å². The minimum Gasteiger partial charge on any atom is -0.419 e. The fourth-order valence-corrected chi connectivity index (χ4v) is 0.871. The van der Waals surface area contributed by atoms with E-state index in [4.69, 9.17) is 5.90 Å². The lowest BCUT2D eigenvalue weighted by Gasteiger charge is -1.98. The molecule has 0 atom stereocenters. The summed E-state index contributed by atoms with van der Waals surface area (Å²) in [5.41, 5.74) is 2.14. The summed E-state index contributed by atoms with van der Waals surface area (Å²) < 4.78 is 0. The molecule has 0 bridgehead atoms. The molecule has 2 N–H and O–H groups in total. The Morgan fingerprint density at radius 2 is 2.00 bits per heavy atom. The van der Waals surface area contributed by atoms with Gasteiger partial charge in [-0.3, -0.25) is 0 Å². The average molecular weight is 149 g/mol. The lowest BCUT2D eigenvalue weighted by molar-refractivity contribution is 0.262. The minimum absolute atomic E-state index is 1.02. The van der Waals surface area contributed by atoms with Gasteiger partial charge in [0, 0.05) is 0 Å². The molecule has 1 aromatic rings. The molecule has 0 radical (unpaired) electrons. The van der Waals surface area contributed by atoms with Crippen molar-refractivity contribution in [2.45, 2.75) is 6.92 Å². The first kappa shape index (κ1) is 7.82. The second-order valence-electron chi connectivity index (χ2n) is 2.30. The molecular weight excluding hydrogens is 138 g/mol. The second kappa shape index (κ2) is 3.78. The number of hydrogen-bond acceptors (Lipinski definition) is 2. The van der Waals surface area contributed by atoms with Crippen LogP contribution in [0.15, 0.2) is 36.6 Å². The molecule has 58 valence electrons. The van der Waals surface area contributed by atoms with Gasteiger partial charge >= 0.3 is 0 Å². The molecule has 0 saturated heterocycles. The molecular formula is C9H11NO. The number of hydrogen-bond donors (Lipinski definition) is 1. The molecule has 2 heteroatoms. The fraction of sp³-hybridized carbons (Fsp3) is 0.111. The summed E-state index contributed by atoms with van der Waals surface area (Å²) in [7, 11) is 0. The van der Waals surface area contributed by atoms with Crippen molar-refractivity contribution in [2.75, 3.05) is 0 Å². The summed E-state index contributed by atoms with van der Waals surface area (Å²) in [6, 6.07) is 9.93. The van der Waals surface area contributed by atoms with E-state index in [0.717, 1.165) is 11.1 Å². The molecule has 2 nitrogen and oxygen atoms in total. The van der Waals surface area contributed by atoms with Crippen molar-refractivity contribution in [3.63, 3.8) is 0 Å². The van der Waals surface area contributed by atoms with Crippen molar-refractivity contribution in [1.82, 2.24) is 0 Å². The molecule has 0 aliphatic heterocycles. The number of nitrogens with two attached hydrogens (primary N) is 1. The molecule has 1 rings (SSSR count). The summed E-state index contributed by atoms with van der Waals surface area (Å²) in [6.07, 6.45) is 1.52. The van der Waals surface area contributed by atoms with E-state index in [2.05, 4.69) is 4.84 Å². The van der Waals surface area contributed by atoms with Crippen molar-refractivity contribution in [2.24, 2.45) is 5.90 Å². The van der Waals surface area contributed by atoms with E-state index in [9.17, 15) is 0 Å². The van der Waals surface area contributed by atoms with E-state index in [-0.39, 0.29) is 0 Å². The van der Waals surface area contributed by atoms with Crippen LogP contribution < -0.4 is 5.90 Å². The fourth-order valence-electron chi connectivity index (χ4n) is 0.871. The van der Waals surface area contributed by atoms with Crippen LogP contribution in [0.2, 0.25) is 0 Å². The molecule has 1 aromatic carbocycles. The minimum atomic E-state index is 1.02. The predicted molar refractivity (Wildman–Crippen MR) is 45.4 cm³/mol. The van der Waals surface area contributed by atoms with Gasteiger partial charge in [-0.15, -0.1) is 0 Å². The molecule has 0 spiro atoms. The van der Waals surface area contributed by atoms with Crippen LogP contribution in [0.4, 0.5) is 0 Å². The highest BCUT2D eigenvalue weighted by Crippen LogP contribution is 2.11. The Hall–Kier alpha value is -1.28. The highest BCUT2D eigenvalue weighted by Gasteiger charge is 1.91.